The normalized spacial score (nSPS) is 14.8. The monoisotopic (exact) mass is 419 g/mol. The van der Waals surface area contributed by atoms with Gasteiger partial charge in [-0.15, -0.1) is 0 Å². The maximum atomic E-state index is 13.4. The molecule has 4 rings (SSSR count). The van der Waals surface area contributed by atoms with Crippen molar-refractivity contribution < 1.29 is 22.4 Å². The van der Waals surface area contributed by atoms with Crippen LogP contribution in [-0.2, 0) is 17.5 Å². The number of fused-ring (bicyclic) bond motifs is 1. The molecule has 1 saturated heterocycles. The van der Waals surface area contributed by atoms with Crippen LogP contribution in [0.2, 0.25) is 0 Å². The van der Waals surface area contributed by atoms with Crippen LogP contribution in [0.1, 0.15) is 24.8 Å². The van der Waals surface area contributed by atoms with Crippen LogP contribution in [0.3, 0.4) is 0 Å². The van der Waals surface area contributed by atoms with Crippen LogP contribution in [0.5, 0.6) is 0 Å². The highest BCUT2D eigenvalue weighted by Gasteiger charge is 2.32. The number of rotatable bonds is 4. The highest BCUT2D eigenvalue weighted by atomic mass is 19.4. The number of amides is 1. The predicted molar refractivity (Wildman–Crippen MR) is 107 cm³/mol. The molecule has 1 amide bonds. The van der Waals surface area contributed by atoms with E-state index >= 15 is 0 Å². The zero-order chi connectivity index (χ0) is 21.3. The van der Waals surface area contributed by atoms with Crippen LogP contribution < -0.4 is 16.0 Å². The van der Waals surface area contributed by atoms with Crippen molar-refractivity contribution in [1.82, 2.24) is 4.57 Å². The van der Waals surface area contributed by atoms with Gasteiger partial charge in [0.1, 0.15) is 6.54 Å². The summed E-state index contributed by atoms with van der Waals surface area (Å²) in [6.07, 6.45) is -1.67. The Morgan fingerprint density at radius 1 is 1.07 bits per heavy atom. The lowest BCUT2D eigenvalue weighted by Gasteiger charge is -2.29. The molecule has 1 fully saturated rings. The van der Waals surface area contributed by atoms with Gasteiger partial charge >= 0.3 is 11.9 Å². The van der Waals surface area contributed by atoms with E-state index in [-0.39, 0.29) is 12.2 Å². The maximum Gasteiger partial charge on any atom is 0.420 e. The molecular weight excluding hydrogens is 399 g/mol. The minimum atomic E-state index is -4.54. The number of benzene rings is 2. The maximum absolute atomic E-state index is 13.4. The van der Waals surface area contributed by atoms with Gasteiger partial charge in [-0.3, -0.25) is 9.36 Å². The van der Waals surface area contributed by atoms with E-state index in [1.54, 1.807) is 24.3 Å². The van der Waals surface area contributed by atoms with Gasteiger partial charge in [-0.1, -0.05) is 12.1 Å². The smallest absolute Gasteiger partial charge is 0.408 e. The van der Waals surface area contributed by atoms with Gasteiger partial charge in [0.2, 0.25) is 5.91 Å². The number of oxazole rings is 1. The molecule has 0 aliphatic carbocycles. The topological polar surface area (TPSA) is 67.5 Å². The van der Waals surface area contributed by atoms with Gasteiger partial charge in [0, 0.05) is 24.5 Å². The lowest BCUT2D eigenvalue weighted by molar-refractivity contribution is -0.137. The minimum absolute atomic E-state index is 0.0382. The van der Waals surface area contributed by atoms with Gasteiger partial charge in [0.05, 0.1) is 11.1 Å². The summed E-state index contributed by atoms with van der Waals surface area (Å²) >= 11 is 0. The number of alkyl halides is 3. The fourth-order valence-corrected chi connectivity index (χ4v) is 3.69. The molecule has 1 N–H and O–H groups in total. The van der Waals surface area contributed by atoms with Crippen molar-refractivity contribution in [2.24, 2.45) is 0 Å². The molecule has 0 saturated carbocycles. The zero-order valence-electron chi connectivity index (χ0n) is 16.0. The Morgan fingerprint density at radius 3 is 2.53 bits per heavy atom. The number of carbonyl (C=O) groups is 1. The number of para-hydroxylation sites is 2. The van der Waals surface area contributed by atoms with Crippen molar-refractivity contribution >= 4 is 28.4 Å². The number of aromatic nitrogens is 1. The van der Waals surface area contributed by atoms with E-state index in [0.29, 0.717) is 29.9 Å². The van der Waals surface area contributed by atoms with Crippen LogP contribution in [0.15, 0.2) is 51.7 Å². The molecule has 3 aromatic rings. The Bertz CT molecular complexity index is 1130. The summed E-state index contributed by atoms with van der Waals surface area (Å²) in [4.78, 5) is 26.4. The molecule has 1 aromatic heterocycles. The van der Waals surface area contributed by atoms with E-state index < -0.39 is 23.4 Å². The standard InChI is InChI=1S/C21H20F3N3O3/c22-21(23,24)14-10-15(12-16(11-14)26-8-4-1-5-9-26)25-19(28)13-27-17-6-2-3-7-18(17)30-20(27)29/h2-3,6-7,10-12H,1,4-5,8-9,13H2,(H,25,28). The average molecular weight is 419 g/mol. The zero-order valence-corrected chi connectivity index (χ0v) is 16.0. The first kappa shape index (κ1) is 20.1. The molecule has 9 heteroatoms. The second-order valence-corrected chi connectivity index (χ2v) is 7.28. The second-order valence-electron chi connectivity index (χ2n) is 7.28. The van der Waals surface area contributed by atoms with Gasteiger partial charge in [0.25, 0.3) is 0 Å². The fourth-order valence-electron chi connectivity index (χ4n) is 3.69. The molecule has 30 heavy (non-hydrogen) atoms. The number of carbonyl (C=O) groups excluding carboxylic acids is 1. The predicted octanol–water partition coefficient (Wildman–Crippen LogP) is 4.24. The van der Waals surface area contributed by atoms with Crippen LogP contribution in [0.4, 0.5) is 24.5 Å². The number of anilines is 2. The molecule has 158 valence electrons. The third-order valence-electron chi connectivity index (χ3n) is 5.13. The number of nitrogens with zero attached hydrogens (tertiary/aromatic N) is 2. The molecule has 0 unspecified atom stereocenters. The third kappa shape index (κ3) is 4.19. The molecule has 1 aliphatic heterocycles. The van der Waals surface area contributed by atoms with Crippen molar-refractivity contribution in [1.29, 1.82) is 0 Å². The Morgan fingerprint density at radius 2 is 1.80 bits per heavy atom. The number of halogens is 3. The molecule has 2 aromatic carbocycles. The Labute approximate surface area is 169 Å². The number of hydrogen-bond donors (Lipinski definition) is 1. The van der Waals surface area contributed by atoms with E-state index in [0.717, 1.165) is 36.0 Å². The van der Waals surface area contributed by atoms with Gasteiger partial charge in [-0.2, -0.15) is 13.2 Å². The first-order chi connectivity index (χ1) is 14.3. The minimum Gasteiger partial charge on any atom is -0.408 e. The van der Waals surface area contributed by atoms with E-state index in [4.69, 9.17) is 4.42 Å². The molecule has 0 bridgehead atoms. The second kappa shape index (κ2) is 7.89. The molecular formula is C21H20F3N3O3. The number of hydrogen-bond acceptors (Lipinski definition) is 4. The third-order valence-corrected chi connectivity index (χ3v) is 5.13. The Balaban J connectivity index is 1.60. The molecule has 0 spiro atoms. The quantitative estimate of drug-likeness (QED) is 0.687. The summed E-state index contributed by atoms with van der Waals surface area (Å²) in [5.41, 5.74) is 0.409. The SMILES string of the molecule is O=C(Cn1c(=O)oc2ccccc21)Nc1cc(N2CCCCC2)cc(C(F)(F)F)c1. The van der Waals surface area contributed by atoms with Crippen molar-refractivity contribution in [3.8, 4) is 0 Å². The highest BCUT2D eigenvalue weighted by molar-refractivity contribution is 5.92. The summed E-state index contributed by atoms with van der Waals surface area (Å²) in [5.74, 6) is -1.32. The molecule has 0 atom stereocenters. The van der Waals surface area contributed by atoms with Crippen molar-refractivity contribution in [3.05, 3.63) is 58.6 Å². The van der Waals surface area contributed by atoms with Crippen LogP contribution >= 0.6 is 0 Å². The van der Waals surface area contributed by atoms with Crippen molar-refractivity contribution in [3.63, 3.8) is 0 Å². The lowest BCUT2D eigenvalue weighted by Crippen LogP contribution is -2.30. The van der Waals surface area contributed by atoms with Crippen LogP contribution in [0, 0.1) is 0 Å². The largest absolute Gasteiger partial charge is 0.420 e. The highest BCUT2D eigenvalue weighted by Crippen LogP contribution is 2.35. The molecule has 2 heterocycles. The average Bonchev–Trinajstić information content (AvgIpc) is 3.03. The summed E-state index contributed by atoms with van der Waals surface area (Å²) in [7, 11) is 0. The lowest BCUT2D eigenvalue weighted by atomic mass is 10.1. The summed E-state index contributed by atoms with van der Waals surface area (Å²) in [6, 6.07) is 10.2. The first-order valence-electron chi connectivity index (χ1n) is 9.67. The summed E-state index contributed by atoms with van der Waals surface area (Å²) in [6.45, 7) is 0.974. The van der Waals surface area contributed by atoms with Gasteiger partial charge < -0.3 is 14.6 Å². The number of nitrogens with one attached hydrogen (secondary N) is 1. The molecule has 0 radical (unpaired) electrons. The van der Waals surface area contributed by atoms with Gasteiger partial charge in [-0.25, -0.2) is 4.79 Å². The first-order valence-corrected chi connectivity index (χ1v) is 9.67. The van der Waals surface area contributed by atoms with E-state index in [9.17, 15) is 22.8 Å². The Hall–Kier alpha value is -3.23. The summed E-state index contributed by atoms with van der Waals surface area (Å²) < 4.78 is 46.4. The van der Waals surface area contributed by atoms with Crippen molar-refractivity contribution in [2.75, 3.05) is 23.3 Å². The van der Waals surface area contributed by atoms with Gasteiger partial charge in [-0.05, 0) is 49.6 Å². The summed E-state index contributed by atoms with van der Waals surface area (Å²) in [5, 5.41) is 2.50. The van der Waals surface area contributed by atoms with Crippen LogP contribution in [0.25, 0.3) is 11.1 Å². The fraction of sp³-hybridized carbons (Fsp3) is 0.333. The molecule has 1 aliphatic rings. The number of piperidine rings is 1. The van der Waals surface area contributed by atoms with E-state index in [2.05, 4.69) is 5.32 Å². The van der Waals surface area contributed by atoms with E-state index in [1.807, 2.05) is 4.90 Å². The van der Waals surface area contributed by atoms with Crippen molar-refractivity contribution in [2.45, 2.75) is 32.0 Å². The van der Waals surface area contributed by atoms with Gasteiger partial charge in [0.15, 0.2) is 5.58 Å². The van der Waals surface area contributed by atoms with E-state index in [1.165, 1.54) is 6.07 Å². The van der Waals surface area contributed by atoms with Crippen LogP contribution in [-0.4, -0.2) is 23.6 Å². The Kier molecular flexibility index (Phi) is 5.27. The molecule has 6 nitrogen and oxygen atoms in total.